The van der Waals surface area contributed by atoms with Crippen LogP contribution in [0.5, 0.6) is 0 Å². The Kier molecular flexibility index (Phi) is 3.09. The van der Waals surface area contributed by atoms with Crippen molar-refractivity contribution >= 4 is 21.6 Å². The first-order valence-electron chi connectivity index (χ1n) is 6.31. The molecule has 4 heteroatoms. The number of nitrogens with zero attached hydrogens (tertiary/aromatic N) is 3. The normalized spacial score (nSPS) is 29.4. The van der Waals surface area contributed by atoms with E-state index < -0.39 is 0 Å². The molecule has 2 aliphatic heterocycles. The third kappa shape index (κ3) is 2.20. The first kappa shape index (κ1) is 11.5. The summed E-state index contributed by atoms with van der Waals surface area (Å²) in [6, 6.07) is 3.69. The molecule has 3 nitrogen and oxygen atoms in total. The Morgan fingerprint density at radius 3 is 2.88 bits per heavy atom. The van der Waals surface area contributed by atoms with Gasteiger partial charge >= 0.3 is 0 Å². The van der Waals surface area contributed by atoms with Crippen LogP contribution in [0, 0.1) is 0 Å². The van der Waals surface area contributed by atoms with Crippen molar-refractivity contribution in [1.82, 2.24) is 9.88 Å². The first-order valence-corrected chi connectivity index (χ1v) is 7.11. The minimum absolute atomic E-state index is 0.724. The zero-order chi connectivity index (χ0) is 11.8. The van der Waals surface area contributed by atoms with Gasteiger partial charge < -0.3 is 4.90 Å². The quantitative estimate of drug-likeness (QED) is 0.794. The molecule has 2 aliphatic rings. The van der Waals surface area contributed by atoms with Crippen molar-refractivity contribution < 1.29 is 0 Å². The monoisotopic (exact) mass is 295 g/mol. The van der Waals surface area contributed by atoms with Gasteiger partial charge in [0.15, 0.2) is 0 Å². The summed E-state index contributed by atoms with van der Waals surface area (Å²) in [6.07, 6.45) is 7.83. The highest BCUT2D eigenvalue weighted by molar-refractivity contribution is 9.10. The minimum atomic E-state index is 0.724. The lowest BCUT2D eigenvalue weighted by Gasteiger charge is -2.27. The number of rotatable bonds is 1. The number of aromatic nitrogens is 1. The fraction of sp³-hybridized carbons (Fsp3) is 0.615. The molecule has 0 N–H and O–H groups in total. The molecular weight excluding hydrogens is 278 g/mol. The van der Waals surface area contributed by atoms with Crippen molar-refractivity contribution in [1.29, 1.82) is 0 Å². The molecule has 2 fully saturated rings. The summed E-state index contributed by atoms with van der Waals surface area (Å²) in [5.41, 5.74) is 1.25. The Labute approximate surface area is 111 Å². The second-order valence-corrected chi connectivity index (χ2v) is 6.06. The van der Waals surface area contributed by atoms with Crippen LogP contribution in [-0.4, -0.2) is 42.1 Å². The van der Waals surface area contributed by atoms with E-state index in [1.165, 1.54) is 24.9 Å². The lowest BCUT2D eigenvalue weighted by atomic mass is 10.1. The number of fused-ring (bicyclic) bond motifs is 2. The molecule has 1 aromatic rings. The van der Waals surface area contributed by atoms with Crippen LogP contribution in [0.3, 0.4) is 0 Å². The van der Waals surface area contributed by atoms with Gasteiger partial charge in [0.1, 0.15) is 0 Å². The predicted molar refractivity (Wildman–Crippen MR) is 73.3 cm³/mol. The SMILES string of the molecule is CN1C2CCC1CN(c1cncc(Br)c1)CC2. The van der Waals surface area contributed by atoms with Crippen LogP contribution in [0.25, 0.3) is 0 Å². The van der Waals surface area contributed by atoms with Crippen molar-refractivity contribution in [3.63, 3.8) is 0 Å². The molecule has 0 saturated carbocycles. The van der Waals surface area contributed by atoms with Gasteiger partial charge in [-0.1, -0.05) is 0 Å². The third-order valence-corrected chi connectivity index (χ3v) is 4.64. The molecular formula is C13H18BrN3. The van der Waals surface area contributed by atoms with Gasteiger partial charge in [0.2, 0.25) is 0 Å². The van der Waals surface area contributed by atoms with Crippen LogP contribution in [0.2, 0.25) is 0 Å². The van der Waals surface area contributed by atoms with Crippen LogP contribution in [0.1, 0.15) is 19.3 Å². The lowest BCUT2D eigenvalue weighted by molar-refractivity contribution is 0.254. The highest BCUT2D eigenvalue weighted by Crippen LogP contribution is 2.30. The molecule has 3 rings (SSSR count). The summed E-state index contributed by atoms with van der Waals surface area (Å²) in [6.45, 7) is 2.30. The zero-order valence-electron chi connectivity index (χ0n) is 10.1. The van der Waals surface area contributed by atoms with Crippen LogP contribution >= 0.6 is 15.9 Å². The van der Waals surface area contributed by atoms with E-state index in [0.717, 1.165) is 29.6 Å². The topological polar surface area (TPSA) is 19.4 Å². The first-order chi connectivity index (χ1) is 8.24. The van der Waals surface area contributed by atoms with E-state index >= 15 is 0 Å². The molecule has 2 unspecified atom stereocenters. The number of likely N-dealkylation sites (N-methyl/N-ethyl adjacent to an activating group) is 1. The molecule has 17 heavy (non-hydrogen) atoms. The van der Waals surface area contributed by atoms with Gasteiger partial charge in [-0.15, -0.1) is 0 Å². The third-order valence-electron chi connectivity index (χ3n) is 4.20. The van der Waals surface area contributed by atoms with Gasteiger partial charge in [0.05, 0.1) is 11.9 Å². The van der Waals surface area contributed by atoms with E-state index in [2.05, 4.69) is 43.8 Å². The molecule has 2 saturated heterocycles. The summed E-state index contributed by atoms with van der Waals surface area (Å²) >= 11 is 3.50. The molecule has 0 radical (unpaired) electrons. The van der Waals surface area contributed by atoms with Crippen LogP contribution < -0.4 is 4.90 Å². The molecule has 2 atom stereocenters. The standard InChI is InChI=1S/C13H18BrN3/c1-16-11-2-3-12(16)9-17(5-4-11)13-6-10(14)7-15-8-13/h6-8,11-12H,2-5,9H2,1H3. The van der Waals surface area contributed by atoms with Crippen molar-refractivity contribution in [3.05, 3.63) is 22.9 Å². The van der Waals surface area contributed by atoms with E-state index in [1.54, 1.807) is 0 Å². The molecule has 0 spiro atoms. The van der Waals surface area contributed by atoms with E-state index in [0.29, 0.717) is 0 Å². The second kappa shape index (κ2) is 4.58. The number of pyridine rings is 1. The van der Waals surface area contributed by atoms with Gasteiger partial charge in [-0.3, -0.25) is 9.88 Å². The largest absolute Gasteiger partial charge is 0.369 e. The summed E-state index contributed by atoms with van der Waals surface area (Å²) < 4.78 is 1.07. The maximum atomic E-state index is 4.27. The molecule has 1 aromatic heterocycles. The lowest BCUT2D eigenvalue weighted by Crippen LogP contribution is -2.36. The molecule has 0 aliphatic carbocycles. The number of anilines is 1. The van der Waals surface area contributed by atoms with Crippen molar-refractivity contribution in [2.24, 2.45) is 0 Å². The van der Waals surface area contributed by atoms with Crippen LogP contribution in [0.4, 0.5) is 5.69 Å². The fourth-order valence-corrected chi connectivity index (χ4v) is 3.47. The Bertz CT molecular complexity index is 409. The Morgan fingerprint density at radius 1 is 1.24 bits per heavy atom. The summed E-state index contributed by atoms with van der Waals surface area (Å²) in [4.78, 5) is 9.33. The van der Waals surface area contributed by atoms with E-state index in [1.807, 2.05) is 12.4 Å². The second-order valence-electron chi connectivity index (χ2n) is 5.15. The highest BCUT2D eigenvalue weighted by Gasteiger charge is 2.34. The van der Waals surface area contributed by atoms with Gasteiger partial charge in [-0.25, -0.2) is 0 Å². The summed E-state index contributed by atoms with van der Waals surface area (Å²) in [5, 5.41) is 0. The molecule has 0 amide bonds. The molecule has 2 bridgehead atoms. The highest BCUT2D eigenvalue weighted by atomic mass is 79.9. The maximum absolute atomic E-state index is 4.27. The molecule has 3 heterocycles. The van der Waals surface area contributed by atoms with E-state index in [4.69, 9.17) is 0 Å². The van der Waals surface area contributed by atoms with Gasteiger partial charge in [0.25, 0.3) is 0 Å². The Balaban J connectivity index is 1.81. The van der Waals surface area contributed by atoms with E-state index in [-0.39, 0.29) is 0 Å². The Morgan fingerprint density at radius 2 is 2.06 bits per heavy atom. The van der Waals surface area contributed by atoms with Gasteiger partial charge in [0, 0.05) is 35.8 Å². The number of hydrogen-bond acceptors (Lipinski definition) is 3. The van der Waals surface area contributed by atoms with E-state index in [9.17, 15) is 0 Å². The van der Waals surface area contributed by atoms with Crippen molar-refractivity contribution in [3.8, 4) is 0 Å². The molecule has 92 valence electrons. The van der Waals surface area contributed by atoms with Crippen LogP contribution in [0.15, 0.2) is 22.9 Å². The van der Waals surface area contributed by atoms with Crippen molar-refractivity contribution in [2.75, 3.05) is 25.0 Å². The fourth-order valence-electron chi connectivity index (χ4n) is 3.12. The predicted octanol–water partition coefficient (Wildman–Crippen LogP) is 2.52. The average molecular weight is 296 g/mol. The minimum Gasteiger partial charge on any atom is -0.369 e. The average Bonchev–Trinajstić information content (AvgIpc) is 2.53. The summed E-state index contributed by atoms with van der Waals surface area (Å²) in [7, 11) is 2.28. The number of hydrogen-bond donors (Lipinski definition) is 0. The van der Waals surface area contributed by atoms with Gasteiger partial charge in [-0.05, 0) is 48.3 Å². The summed E-state index contributed by atoms with van der Waals surface area (Å²) in [5.74, 6) is 0. The van der Waals surface area contributed by atoms with Crippen molar-refractivity contribution in [2.45, 2.75) is 31.3 Å². The number of halogens is 1. The van der Waals surface area contributed by atoms with Crippen LogP contribution in [-0.2, 0) is 0 Å². The zero-order valence-corrected chi connectivity index (χ0v) is 11.7. The molecule has 0 aromatic carbocycles. The van der Waals surface area contributed by atoms with Gasteiger partial charge in [-0.2, -0.15) is 0 Å². The maximum Gasteiger partial charge on any atom is 0.0564 e. The smallest absolute Gasteiger partial charge is 0.0564 e. The Hall–Kier alpha value is -0.610.